The zero-order valence-electron chi connectivity index (χ0n) is 44.4. The Hall–Kier alpha value is -1.28. The summed E-state index contributed by atoms with van der Waals surface area (Å²) >= 11 is 0. The average Bonchev–Trinajstić information content (AvgIpc) is 3.28. The van der Waals surface area contributed by atoms with Crippen LogP contribution in [0, 0.1) is 0 Å². The van der Waals surface area contributed by atoms with Gasteiger partial charge in [-0.05, 0) is 51.4 Å². The second kappa shape index (κ2) is 48.7. The zero-order valence-corrected chi connectivity index (χ0v) is 45.3. The molecule has 1 amide bonds. The van der Waals surface area contributed by atoms with Gasteiger partial charge in [-0.1, -0.05) is 249 Å². The lowest BCUT2D eigenvalue weighted by Gasteiger charge is -2.26. The van der Waals surface area contributed by atoms with Crippen molar-refractivity contribution in [2.24, 2.45) is 0 Å². The predicted octanol–water partition coefficient (Wildman–Crippen LogP) is 17.0. The molecule has 0 bridgehead atoms. The molecule has 3 atom stereocenters. The van der Waals surface area contributed by atoms with Gasteiger partial charge in [0.05, 0.1) is 39.9 Å². The largest absolute Gasteiger partial charge is 0.472 e. The van der Waals surface area contributed by atoms with Gasteiger partial charge in [0, 0.05) is 6.42 Å². The first-order chi connectivity index (χ1) is 32.0. The van der Waals surface area contributed by atoms with E-state index in [1.54, 1.807) is 0 Å². The summed E-state index contributed by atoms with van der Waals surface area (Å²) in [7, 11) is 1.62. The molecule has 0 aromatic carbocycles. The summed E-state index contributed by atoms with van der Waals surface area (Å²) in [6.07, 6.45) is 62.1. The summed E-state index contributed by atoms with van der Waals surface area (Å²) < 4.78 is 23.7. The number of phosphoric ester groups is 1. The first-order valence-corrected chi connectivity index (χ1v) is 29.8. The van der Waals surface area contributed by atoms with E-state index in [0.717, 1.165) is 51.4 Å². The average molecular weight is 953 g/mol. The van der Waals surface area contributed by atoms with Crippen LogP contribution < -0.4 is 5.32 Å². The van der Waals surface area contributed by atoms with Gasteiger partial charge in [-0.15, -0.1) is 0 Å². The van der Waals surface area contributed by atoms with Crippen molar-refractivity contribution in [3.05, 3.63) is 36.5 Å². The van der Waals surface area contributed by atoms with E-state index in [4.69, 9.17) is 9.05 Å². The summed E-state index contributed by atoms with van der Waals surface area (Å²) in [6, 6.07) is -0.757. The molecule has 0 rings (SSSR count). The van der Waals surface area contributed by atoms with Crippen molar-refractivity contribution < 1.29 is 32.9 Å². The molecule has 0 aliphatic carbocycles. The van der Waals surface area contributed by atoms with Gasteiger partial charge in [0.15, 0.2) is 0 Å². The lowest BCUT2D eigenvalue weighted by atomic mass is 10.0. The molecular weight excluding hydrogens is 840 g/mol. The third-order valence-electron chi connectivity index (χ3n) is 12.9. The van der Waals surface area contributed by atoms with Crippen LogP contribution in [0.25, 0.3) is 0 Å². The number of nitrogens with one attached hydrogen (secondary N) is 1. The number of quaternary nitrogens is 1. The van der Waals surface area contributed by atoms with Gasteiger partial charge in [0.2, 0.25) is 5.91 Å². The fourth-order valence-electron chi connectivity index (χ4n) is 8.41. The fourth-order valence-corrected chi connectivity index (χ4v) is 9.14. The van der Waals surface area contributed by atoms with Crippen LogP contribution in [0.4, 0.5) is 0 Å². The first kappa shape index (κ1) is 64.7. The minimum atomic E-state index is -4.31. The van der Waals surface area contributed by atoms with E-state index in [9.17, 15) is 19.4 Å². The molecule has 0 aliphatic heterocycles. The fraction of sp³-hybridized carbons (Fsp3) is 0.877. The molecule has 0 aromatic rings. The molecule has 0 spiro atoms. The quantitative estimate of drug-likeness (QED) is 0.0243. The number of amides is 1. The summed E-state index contributed by atoms with van der Waals surface area (Å²) in [5.41, 5.74) is 0. The maximum absolute atomic E-state index is 12.9. The highest BCUT2D eigenvalue weighted by Gasteiger charge is 2.28. The molecule has 0 heterocycles. The molecule has 0 fully saturated rings. The van der Waals surface area contributed by atoms with E-state index < -0.39 is 20.0 Å². The first-order valence-electron chi connectivity index (χ1n) is 28.4. The van der Waals surface area contributed by atoms with Gasteiger partial charge in [0.25, 0.3) is 0 Å². The maximum Gasteiger partial charge on any atom is 0.472 e. The molecule has 66 heavy (non-hydrogen) atoms. The minimum Gasteiger partial charge on any atom is -0.391 e. The molecule has 0 saturated heterocycles. The lowest BCUT2D eigenvalue weighted by Crippen LogP contribution is -2.46. The maximum atomic E-state index is 12.9. The Morgan fingerprint density at radius 1 is 0.515 bits per heavy atom. The van der Waals surface area contributed by atoms with Crippen LogP contribution in [-0.2, 0) is 18.4 Å². The van der Waals surface area contributed by atoms with E-state index in [2.05, 4.69) is 55.6 Å². The van der Waals surface area contributed by atoms with Crippen molar-refractivity contribution in [1.29, 1.82) is 0 Å². The number of unbranched alkanes of at least 4 members (excludes halogenated alkanes) is 33. The van der Waals surface area contributed by atoms with Crippen molar-refractivity contribution >= 4 is 13.7 Å². The number of aliphatic hydroxyl groups is 1. The monoisotopic (exact) mass is 952 g/mol. The van der Waals surface area contributed by atoms with Gasteiger partial charge in [-0.2, -0.15) is 0 Å². The molecule has 9 heteroatoms. The minimum absolute atomic E-state index is 0.0758. The number of likely N-dealkylation sites (N-methyl/N-ethyl adjacent to an activating group) is 1. The zero-order chi connectivity index (χ0) is 48.5. The third-order valence-corrected chi connectivity index (χ3v) is 13.9. The SMILES string of the molecule is CCCCCCC/C=C\C/C=C\C/C=C\CCCCCCCCCCCCCCCCCCCCC(=O)NC(COP(=O)(O)OCC[N+](C)(C)C)C(O)CCCCCCCCCCCCC. The molecule has 390 valence electrons. The van der Waals surface area contributed by atoms with E-state index in [-0.39, 0.29) is 19.1 Å². The van der Waals surface area contributed by atoms with E-state index in [1.165, 1.54) is 193 Å². The van der Waals surface area contributed by atoms with E-state index >= 15 is 0 Å². The van der Waals surface area contributed by atoms with Crippen LogP contribution in [0.1, 0.15) is 271 Å². The summed E-state index contributed by atoms with van der Waals surface area (Å²) in [5, 5.41) is 14.0. The van der Waals surface area contributed by atoms with Crippen LogP contribution >= 0.6 is 7.82 Å². The normalized spacial score (nSPS) is 14.2. The Morgan fingerprint density at radius 2 is 0.864 bits per heavy atom. The Bertz CT molecular complexity index is 1170. The highest BCUT2D eigenvalue weighted by Crippen LogP contribution is 2.43. The summed E-state index contributed by atoms with van der Waals surface area (Å²) in [4.78, 5) is 23.2. The molecule has 8 nitrogen and oxygen atoms in total. The Labute approximate surface area is 410 Å². The number of phosphoric acid groups is 1. The number of aliphatic hydroxyl groups excluding tert-OH is 1. The standard InChI is InChI=1S/C57H111N2O6P/c1-6-8-10-12-14-16-18-19-20-21-22-23-24-25-26-27-28-29-30-31-32-33-34-35-36-37-38-39-41-43-45-47-49-51-57(61)58-55(54-65-66(62,63)64-53-52-59(3,4)5)56(60)50-48-46-44-42-40-17-15-13-11-9-7-2/h18-19,21-22,24-25,55-56,60H,6-17,20,23,26-54H2,1-5H3,(H-,58,61,62,63)/p+1/b19-18-,22-21-,25-24-. The van der Waals surface area contributed by atoms with Crippen LogP contribution in [0.3, 0.4) is 0 Å². The van der Waals surface area contributed by atoms with E-state index in [1.807, 2.05) is 21.1 Å². The Balaban J connectivity index is 3.95. The molecule has 0 saturated carbocycles. The molecule has 3 N–H and O–H groups in total. The van der Waals surface area contributed by atoms with E-state index in [0.29, 0.717) is 23.9 Å². The Morgan fingerprint density at radius 3 is 1.26 bits per heavy atom. The number of carbonyl (C=O) groups is 1. The molecule has 3 unspecified atom stereocenters. The molecule has 0 aliphatic rings. The second-order valence-corrected chi connectivity index (χ2v) is 22.1. The molecule has 0 radical (unpaired) electrons. The summed E-state index contributed by atoms with van der Waals surface area (Å²) in [6.45, 7) is 4.88. The number of nitrogens with zero attached hydrogens (tertiary/aromatic N) is 1. The van der Waals surface area contributed by atoms with Gasteiger partial charge in [0.1, 0.15) is 13.2 Å². The topological polar surface area (TPSA) is 105 Å². The number of allylic oxidation sites excluding steroid dienone is 6. The van der Waals surface area contributed by atoms with Crippen LogP contribution in [-0.4, -0.2) is 73.4 Å². The van der Waals surface area contributed by atoms with Crippen molar-refractivity contribution in [3.63, 3.8) is 0 Å². The highest BCUT2D eigenvalue weighted by atomic mass is 31.2. The van der Waals surface area contributed by atoms with Crippen molar-refractivity contribution in [2.45, 2.75) is 283 Å². The van der Waals surface area contributed by atoms with Gasteiger partial charge < -0.3 is 19.8 Å². The second-order valence-electron chi connectivity index (χ2n) is 20.7. The van der Waals surface area contributed by atoms with Crippen LogP contribution in [0.2, 0.25) is 0 Å². The highest BCUT2D eigenvalue weighted by molar-refractivity contribution is 7.47. The molecular formula is C57H112N2O6P+. The van der Waals surface area contributed by atoms with Gasteiger partial charge in [-0.3, -0.25) is 13.8 Å². The lowest BCUT2D eigenvalue weighted by molar-refractivity contribution is -0.870. The number of rotatable bonds is 52. The third kappa shape index (κ3) is 50.6. The van der Waals surface area contributed by atoms with Gasteiger partial charge >= 0.3 is 7.82 Å². The predicted molar refractivity (Wildman–Crippen MR) is 286 cm³/mol. The smallest absolute Gasteiger partial charge is 0.391 e. The van der Waals surface area contributed by atoms with Crippen molar-refractivity contribution in [2.75, 3.05) is 40.9 Å². The number of hydrogen-bond acceptors (Lipinski definition) is 5. The van der Waals surface area contributed by atoms with Crippen molar-refractivity contribution in [3.8, 4) is 0 Å². The number of hydrogen-bond donors (Lipinski definition) is 3. The van der Waals surface area contributed by atoms with Crippen molar-refractivity contribution in [1.82, 2.24) is 5.32 Å². The molecule has 0 aromatic heterocycles. The van der Waals surface area contributed by atoms with Crippen LogP contribution in [0.15, 0.2) is 36.5 Å². The Kier molecular flexibility index (Phi) is 47.8. The number of carbonyl (C=O) groups excluding carboxylic acids is 1. The van der Waals surface area contributed by atoms with Gasteiger partial charge in [-0.25, -0.2) is 4.57 Å². The van der Waals surface area contributed by atoms with Crippen LogP contribution in [0.5, 0.6) is 0 Å². The summed E-state index contributed by atoms with van der Waals surface area (Å²) in [5.74, 6) is -0.143.